The second kappa shape index (κ2) is 5.65. The standard InChI is InChI=1S/C19H25N3O/c1-18(2)8-15-9-19(3,12-18)13-22(15)11-17(23)21-16-7-5-4-6-14(16)10-20/h4-7,15H,8-9,11-13H2,1-3H3,(H,21,23). The van der Waals surface area contributed by atoms with Crippen molar-refractivity contribution in [1.82, 2.24) is 4.90 Å². The number of likely N-dealkylation sites (tertiary alicyclic amines) is 1. The SMILES string of the molecule is CC1(C)CC2CC(C)(CN2CC(=O)Nc2ccccc2C#N)C1. The van der Waals surface area contributed by atoms with Crippen LogP contribution < -0.4 is 5.32 Å². The number of nitrogens with zero attached hydrogens (tertiary/aromatic N) is 2. The monoisotopic (exact) mass is 311 g/mol. The summed E-state index contributed by atoms with van der Waals surface area (Å²) in [5.41, 5.74) is 1.80. The Kier molecular flexibility index (Phi) is 3.93. The van der Waals surface area contributed by atoms with Crippen LogP contribution in [0.15, 0.2) is 24.3 Å². The van der Waals surface area contributed by atoms with E-state index in [-0.39, 0.29) is 5.91 Å². The van der Waals surface area contributed by atoms with Gasteiger partial charge < -0.3 is 5.32 Å². The van der Waals surface area contributed by atoms with Gasteiger partial charge in [-0.05, 0) is 42.2 Å². The molecule has 2 unspecified atom stereocenters. The predicted molar refractivity (Wildman–Crippen MR) is 90.9 cm³/mol. The Hall–Kier alpha value is -1.86. The van der Waals surface area contributed by atoms with Gasteiger partial charge >= 0.3 is 0 Å². The third-order valence-electron chi connectivity index (χ3n) is 5.19. The molecule has 1 aromatic rings. The molecule has 1 amide bonds. The fraction of sp³-hybridized carbons (Fsp3) is 0.579. The summed E-state index contributed by atoms with van der Waals surface area (Å²) < 4.78 is 0. The minimum absolute atomic E-state index is 0.0262. The summed E-state index contributed by atoms with van der Waals surface area (Å²) in [6.07, 6.45) is 3.58. The molecule has 1 saturated heterocycles. The maximum atomic E-state index is 12.4. The number of para-hydroxylation sites is 1. The number of carbonyl (C=O) groups is 1. The molecule has 0 radical (unpaired) electrons. The third-order valence-corrected chi connectivity index (χ3v) is 5.19. The lowest BCUT2D eigenvalue weighted by Crippen LogP contribution is -2.38. The molecule has 122 valence electrons. The largest absolute Gasteiger partial charge is 0.324 e. The molecule has 2 atom stereocenters. The Morgan fingerprint density at radius 1 is 1.35 bits per heavy atom. The topological polar surface area (TPSA) is 56.1 Å². The summed E-state index contributed by atoms with van der Waals surface area (Å²) in [5, 5.41) is 12.0. The molecule has 0 spiro atoms. The number of carbonyl (C=O) groups excluding carboxylic acids is 1. The van der Waals surface area contributed by atoms with Gasteiger partial charge in [0.25, 0.3) is 0 Å². The number of anilines is 1. The van der Waals surface area contributed by atoms with Gasteiger partial charge in [0.05, 0.1) is 17.8 Å². The smallest absolute Gasteiger partial charge is 0.238 e. The van der Waals surface area contributed by atoms with E-state index in [1.807, 2.05) is 6.07 Å². The van der Waals surface area contributed by atoms with E-state index in [1.54, 1.807) is 18.2 Å². The molecule has 3 rings (SSSR count). The molecule has 1 heterocycles. The summed E-state index contributed by atoms with van der Waals surface area (Å²) in [6.45, 7) is 8.43. The summed E-state index contributed by atoms with van der Waals surface area (Å²) in [4.78, 5) is 14.8. The second-order valence-electron chi connectivity index (χ2n) is 8.32. The predicted octanol–water partition coefficient (Wildman–Crippen LogP) is 3.40. The highest BCUT2D eigenvalue weighted by Gasteiger charge is 2.49. The molecule has 4 heteroatoms. The van der Waals surface area contributed by atoms with Crippen LogP contribution in [0.1, 0.15) is 45.6 Å². The Balaban J connectivity index is 1.66. The molecule has 1 aliphatic heterocycles. The lowest BCUT2D eigenvalue weighted by Gasteiger charge is -2.39. The first-order valence-electron chi connectivity index (χ1n) is 8.33. The van der Waals surface area contributed by atoms with Gasteiger partial charge in [-0.1, -0.05) is 32.9 Å². The zero-order valence-corrected chi connectivity index (χ0v) is 14.2. The Bertz CT molecular complexity index is 661. The van der Waals surface area contributed by atoms with Crippen LogP contribution in [0.25, 0.3) is 0 Å². The zero-order chi connectivity index (χ0) is 16.7. The van der Waals surface area contributed by atoms with Gasteiger partial charge in [0, 0.05) is 12.6 Å². The Morgan fingerprint density at radius 3 is 2.83 bits per heavy atom. The first kappa shape index (κ1) is 16.0. The van der Waals surface area contributed by atoms with Gasteiger partial charge in [0.2, 0.25) is 5.91 Å². The number of amides is 1. The number of benzene rings is 1. The normalized spacial score (nSPS) is 29.0. The van der Waals surface area contributed by atoms with Gasteiger partial charge in [-0.15, -0.1) is 0 Å². The molecule has 1 saturated carbocycles. The van der Waals surface area contributed by atoms with Crippen molar-refractivity contribution in [2.24, 2.45) is 10.8 Å². The third kappa shape index (κ3) is 3.40. The first-order valence-corrected chi connectivity index (χ1v) is 8.33. The average molecular weight is 311 g/mol. The van der Waals surface area contributed by atoms with Crippen LogP contribution in [0, 0.1) is 22.2 Å². The molecule has 2 fully saturated rings. The molecular formula is C19H25N3O. The van der Waals surface area contributed by atoms with E-state index in [0.29, 0.717) is 34.7 Å². The lowest BCUT2D eigenvalue weighted by molar-refractivity contribution is -0.117. The maximum absolute atomic E-state index is 12.4. The van der Waals surface area contributed by atoms with Gasteiger partial charge in [-0.25, -0.2) is 0 Å². The number of nitrogens with one attached hydrogen (secondary N) is 1. The Labute approximate surface area is 138 Å². The number of fused-ring (bicyclic) bond motifs is 2. The van der Waals surface area contributed by atoms with Crippen LogP contribution in [0.3, 0.4) is 0 Å². The van der Waals surface area contributed by atoms with Crippen LogP contribution in [-0.4, -0.2) is 29.9 Å². The van der Waals surface area contributed by atoms with Crippen LogP contribution in [-0.2, 0) is 4.79 Å². The minimum atomic E-state index is -0.0262. The molecule has 2 bridgehead atoms. The second-order valence-corrected chi connectivity index (χ2v) is 8.32. The van der Waals surface area contributed by atoms with Crippen molar-refractivity contribution in [3.63, 3.8) is 0 Å². The molecule has 1 aliphatic carbocycles. The number of hydrogen-bond donors (Lipinski definition) is 1. The quantitative estimate of drug-likeness (QED) is 0.931. The highest BCUT2D eigenvalue weighted by atomic mass is 16.2. The molecular weight excluding hydrogens is 286 g/mol. The van der Waals surface area contributed by atoms with Crippen LogP contribution in [0.4, 0.5) is 5.69 Å². The van der Waals surface area contributed by atoms with E-state index >= 15 is 0 Å². The van der Waals surface area contributed by atoms with E-state index < -0.39 is 0 Å². The number of hydrogen-bond acceptors (Lipinski definition) is 3. The van der Waals surface area contributed by atoms with Crippen molar-refractivity contribution in [1.29, 1.82) is 5.26 Å². The molecule has 23 heavy (non-hydrogen) atoms. The summed E-state index contributed by atoms with van der Waals surface area (Å²) >= 11 is 0. The fourth-order valence-corrected chi connectivity index (χ4v) is 4.83. The molecule has 0 aromatic heterocycles. The van der Waals surface area contributed by atoms with Gasteiger partial charge in [0.1, 0.15) is 6.07 Å². The lowest BCUT2D eigenvalue weighted by atomic mass is 9.65. The Morgan fingerprint density at radius 2 is 2.09 bits per heavy atom. The first-order chi connectivity index (χ1) is 10.8. The van der Waals surface area contributed by atoms with E-state index in [4.69, 9.17) is 5.26 Å². The summed E-state index contributed by atoms with van der Waals surface area (Å²) in [6, 6.07) is 9.77. The molecule has 1 aromatic carbocycles. The minimum Gasteiger partial charge on any atom is -0.324 e. The van der Waals surface area contributed by atoms with Crippen molar-refractivity contribution in [3.8, 4) is 6.07 Å². The van der Waals surface area contributed by atoms with Crippen LogP contribution in [0.2, 0.25) is 0 Å². The number of nitriles is 1. The van der Waals surface area contributed by atoms with E-state index in [1.165, 1.54) is 12.8 Å². The highest BCUT2D eigenvalue weighted by molar-refractivity contribution is 5.93. The van der Waals surface area contributed by atoms with Crippen molar-refractivity contribution in [3.05, 3.63) is 29.8 Å². The molecule has 4 nitrogen and oxygen atoms in total. The summed E-state index contributed by atoms with van der Waals surface area (Å²) in [7, 11) is 0. The van der Waals surface area contributed by atoms with Crippen LogP contribution in [0.5, 0.6) is 0 Å². The van der Waals surface area contributed by atoms with Crippen LogP contribution >= 0.6 is 0 Å². The van der Waals surface area contributed by atoms with Crippen molar-refractivity contribution in [2.45, 2.75) is 46.1 Å². The van der Waals surface area contributed by atoms with E-state index in [0.717, 1.165) is 13.0 Å². The number of rotatable bonds is 3. The van der Waals surface area contributed by atoms with E-state index in [2.05, 4.69) is 37.1 Å². The summed E-state index contributed by atoms with van der Waals surface area (Å²) in [5.74, 6) is -0.0262. The fourth-order valence-electron chi connectivity index (χ4n) is 4.83. The van der Waals surface area contributed by atoms with Gasteiger partial charge in [0.15, 0.2) is 0 Å². The molecule has 1 N–H and O–H groups in total. The van der Waals surface area contributed by atoms with E-state index in [9.17, 15) is 4.79 Å². The van der Waals surface area contributed by atoms with Crippen molar-refractivity contribution < 1.29 is 4.79 Å². The van der Waals surface area contributed by atoms with Crippen molar-refractivity contribution in [2.75, 3.05) is 18.4 Å². The average Bonchev–Trinajstić information content (AvgIpc) is 2.67. The molecule has 2 aliphatic rings. The van der Waals surface area contributed by atoms with Crippen molar-refractivity contribution >= 4 is 11.6 Å². The highest BCUT2D eigenvalue weighted by Crippen LogP contribution is 2.52. The van der Waals surface area contributed by atoms with Gasteiger partial charge in [-0.3, -0.25) is 9.69 Å². The maximum Gasteiger partial charge on any atom is 0.238 e. The van der Waals surface area contributed by atoms with Gasteiger partial charge in [-0.2, -0.15) is 5.26 Å². The zero-order valence-electron chi connectivity index (χ0n) is 14.2.